The Labute approximate surface area is 144 Å². The number of fused-ring (bicyclic) bond motifs is 3. The van der Waals surface area contributed by atoms with E-state index in [1.165, 1.54) is 6.07 Å². The van der Waals surface area contributed by atoms with Crippen LogP contribution >= 0.6 is 0 Å². The van der Waals surface area contributed by atoms with Gasteiger partial charge in [-0.05, 0) is 30.3 Å². The molecule has 0 spiro atoms. The third kappa shape index (κ3) is 2.32. The van der Waals surface area contributed by atoms with Crippen molar-refractivity contribution in [1.29, 1.82) is 0 Å². The summed E-state index contributed by atoms with van der Waals surface area (Å²) in [5.74, 6) is 0. The first kappa shape index (κ1) is 14.6. The normalized spacial score (nSPS) is 12.7. The fourth-order valence-electron chi connectivity index (χ4n) is 3.01. The van der Waals surface area contributed by atoms with Gasteiger partial charge in [0, 0.05) is 18.1 Å². The van der Waals surface area contributed by atoms with Crippen molar-refractivity contribution in [3.8, 4) is 5.69 Å². The van der Waals surface area contributed by atoms with Crippen molar-refractivity contribution in [1.82, 2.24) is 14.3 Å². The molecule has 0 aliphatic heterocycles. The van der Waals surface area contributed by atoms with Gasteiger partial charge in [-0.1, -0.05) is 18.2 Å². The fraction of sp³-hybridized carbons (Fsp3) is 0.118. The van der Waals surface area contributed by atoms with E-state index in [-0.39, 0.29) is 23.0 Å². The van der Waals surface area contributed by atoms with Gasteiger partial charge in [-0.25, -0.2) is 4.21 Å². The van der Waals surface area contributed by atoms with Crippen molar-refractivity contribution in [2.24, 2.45) is 7.05 Å². The number of para-hydroxylation sites is 1. The number of aromatic nitrogens is 3. The average Bonchev–Trinajstić information content (AvgIpc) is 3.07. The van der Waals surface area contributed by atoms with E-state index in [0.717, 1.165) is 17.5 Å². The Morgan fingerprint density at radius 3 is 2.60 bits per heavy atom. The third-order valence-corrected chi connectivity index (χ3v) is 4.73. The number of aromatic amines is 1. The minimum Gasteiger partial charge on any atom is -0.305 e. The van der Waals surface area contributed by atoms with Crippen LogP contribution in [0.25, 0.3) is 27.6 Å². The van der Waals surface area contributed by atoms with Gasteiger partial charge in [0.05, 0.1) is 18.0 Å². The van der Waals surface area contributed by atoms with Crippen molar-refractivity contribution in [2.45, 2.75) is 6.18 Å². The molecule has 0 saturated carbocycles. The van der Waals surface area contributed by atoms with E-state index in [9.17, 15) is 17.4 Å². The number of H-pyrrole nitrogens is 1. The molecule has 0 aliphatic carbocycles. The molecule has 4 rings (SSSR count). The number of nitrogens with zero attached hydrogens (tertiary/aromatic N) is 2. The Morgan fingerprint density at radius 2 is 1.92 bits per heavy atom. The first-order valence-corrected chi connectivity index (χ1v) is 8.06. The van der Waals surface area contributed by atoms with Crippen molar-refractivity contribution in [3.05, 3.63) is 58.7 Å². The second kappa shape index (κ2) is 5.38. The van der Waals surface area contributed by atoms with Crippen molar-refractivity contribution in [3.63, 3.8) is 0 Å². The molecule has 2 aromatic heterocycles. The lowest BCUT2D eigenvalue weighted by atomic mass is 10.2. The number of rotatable bonds is 1. The number of benzene rings is 2. The zero-order valence-corrected chi connectivity index (χ0v) is 13.7. The molecule has 0 radical (unpaired) electrons. The van der Waals surface area contributed by atoms with Gasteiger partial charge in [0.25, 0.3) is 0 Å². The molecule has 0 unspecified atom stereocenters. The van der Waals surface area contributed by atoms with Gasteiger partial charge in [-0.2, -0.15) is 13.2 Å². The fourth-order valence-corrected chi connectivity index (χ4v) is 3.44. The minimum absolute atomic E-state index is 0.270. The smallest absolute Gasteiger partial charge is 0.305 e. The Bertz CT molecular complexity index is 1260. The van der Waals surface area contributed by atoms with Crippen LogP contribution in [0, 0.1) is 4.64 Å². The van der Waals surface area contributed by atoms with Gasteiger partial charge in [-0.3, -0.25) is 9.78 Å². The maximum Gasteiger partial charge on any atom is 0.416 e. The molecule has 0 bridgehead atoms. The second-order valence-corrected chi connectivity index (χ2v) is 6.15. The predicted octanol–water partition coefficient (Wildman–Crippen LogP) is 4.21. The second-order valence-electron chi connectivity index (χ2n) is 5.60. The third-order valence-electron chi connectivity index (χ3n) is 4.10. The maximum atomic E-state index is 12.9. The van der Waals surface area contributed by atoms with Crippen molar-refractivity contribution >= 4 is 33.2 Å². The molecule has 1 N–H and O–H groups in total. The van der Waals surface area contributed by atoms with Gasteiger partial charge in [0.2, 0.25) is 0 Å². The van der Waals surface area contributed by atoms with Crippen LogP contribution in [0.5, 0.6) is 0 Å². The summed E-state index contributed by atoms with van der Waals surface area (Å²) in [5, 5.41) is 3.92. The standard InChI is InChI=1S/C17H12F3N3OS/c1-22-16(25-24)15-14(21-22)12-4-2-3-5-13(12)23(15)11-8-6-10(7-9-11)17(18,19)20/h2-9,21H,1H3/i8D. The summed E-state index contributed by atoms with van der Waals surface area (Å²) < 4.78 is 62.1. The molecular formula is C17H12F3N3OS. The number of aryl methyl sites for hydroxylation is 1. The zero-order valence-electron chi connectivity index (χ0n) is 13.9. The number of hydrogen-bond acceptors (Lipinski definition) is 1. The van der Waals surface area contributed by atoms with E-state index in [4.69, 9.17) is 1.37 Å². The SMILES string of the molecule is [2H]c1cc(C(F)(F)F)ccc1-n1c2ccccc2c2[nH]n(C)c(=S=O)c21. The van der Waals surface area contributed by atoms with Crippen LogP contribution < -0.4 is 0 Å². The lowest BCUT2D eigenvalue weighted by molar-refractivity contribution is -0.137. The summed E-state index contributed by atoms with van der Waals surface area (Å²) in [5.41, 5.74) is 1.34. The van der Waals surface area contributed by atoms with E-state index < -0.39 is 11.7 Å². The van der Waals surface area contributed by atoms with Gasteiger partial charge in [-0.15, -0.1) is 0 Å². The van der Waals surface area contributed by atoms with E-state index >= 15 is 0 Å². The minimum atomic E-state index is -4.51. The van der Waals surface area contributed by atoms with Gasteiger partial charge >= 0.3 is 6.18 Å². The first-order valence-electron chi connectivity index (χ1n) is 7.82. The van der Waals surface area contributed by atoms with Crippen LogP contribution in [-0.2, 0) is 24.5 Å². The monoisotopic (exact) mass is 364 g/mol. The molecule has 0 fully saturated rings. The van der Waals surface area contributed by atoms with Crippen molar-refractivity contribution in [2.75, 3.05) is 0 Å². The quantitative estimate of drug-likeness (QED) is 0.505. The summed E-state index contributed by atoms with van der Waals surface area (Å²) in [7, 11) is 1.69. The molecule has 0 atom stereocenters. The van der Waals surface area contributed by atoms with Gasteiger partial charge < -0.3 is 4.57 Å². The lowest BCUT2D eigenvalue weighted by Gasteiger charge is -2.10. The number of alkyl halides is 3. The summed E-state index contributed by atoms with van der Waals surface area (Å²) in [6.07, 6.45) is -4.51. The van der Waals surface area contributed by atoms with Crippen LogP contribution in [0.1, 0.15) is 6.93 Å². The summed E-state index contributed by atoms with van der Waals surface area (Å²) in [6, 6.07) is 10.0. The lowest BCUT2D eigenvalue weighted by Crippen LogP contribution is -2.05. The van der Waals surface area contributed by atoms with Crippen LogP contribution in [0.4, 0.5) is 13.2 Å². The molecule has 0 aliphatic rings. The zero-order chi connectivity index (χ0) is 18.6. The molecule has 2 aromatic carbocycles. The van der Waals surface area contributed by atoms with Crippen LogP contribution in [0.2, 0.25) is 0 Å². The van der Waals surface area contributed by atoms with Gasteiger partial charge in [0.1, 0.15) is 16.8 Å². The number of nitrogens with one attached hydrogen (secondary N) is 1. The van der Waals surface area contributed by atoms with E-state index in [1.807, 2.05) is 12.1 Å². The highest BCUT2D eigenvalue weighted by molar-refractivity contribution is 7.57. The Morgan fingerprint density at radius 1 is 1.16 bits per heavy atom. The summed E-state index contributed by atoms with van der Waals surface area (Å²) in [6.45, 7) is 0. The molecular weight excluding hydrogens is 351 g/mol. The van der Waals surface area contributed by atoms with Gasteiger partial charge in [0.15, 0.2) is 4.64 Å². The Kier molecular flexibility index (Phi) is 3.14. The number of hydrogen-bond donors (Lipinski definition) is 1. The molecule has 2 heterocycles. The van der Waals surface area contributed by atoms with Crippen LogP contribution in [0.3, 0.4) is 0 Å². The highest BCUT2D eigenvalue weighted by Crippen LogP contribution is 2.33. The largest absolute Gasteiger partial charge is 0.416 e. The maximum absolute atomic E-state index is 12.9. The molecule has 4 nitrogen and oxygen atoms in total. The van der Waals surface area contributed by atoms with Crippen LogP contribution in [-0.4, -0.2) is 18.6 Å². The molecule has 0 saturated heterocycles. The predicted molar refractivity (Wildman–Crippen MR) is 90.5 cm³/mol. The number of halogens is 3. The van der Waals surface area contributed by atoms with Crippen molar-refractivity contribution < 1.29 is 18.8 Å². The molecule has 25 heavy (non-hydrogen) atoms. The van der Waals surface area contributed by atoms with E-state index in [2.05, 4.69) is 5.10 Å². The van der Waals surface area contributed by atoms with Crippen LogP contribution in [0.15, 0.2) is 48.5 Å². The highest BCUT2D eigenvalue weighted by atomic mass is 32.1. The van der Waals surface area contributed by atoms with E-state index in [1.54, 1.807) is 28.4 Å². The molecule has 4 aromatic rings. The molecule has 0 amide bonds. The molecule has 128 valence electrons. The first-order chi connectivity index (χ1) is 12.3. The van der Waals surface area contributed by atoms with E-state index in [0.29, 0.717) is 21.2 Å². The Balaban J connectivity index is 2.16. The summed E-state index contributed by atoms with van der Waals surface area (Å²) >= 11 is 0.289. The highest BCUT2D eigenvalue weighted by Gasteiger charge is 2.30. The molecule has 8 heteroatoms. The average molecular weight is 364 g/mol. The topological polar surface area (TPSA) is 42.7 Å². The summed E-state index contributed by atoms with van der Waals surface area (Å²) in [4.78, 5) is 0. The Hall–Kier alpha value is -2.74.